The summed E-state index contributed by atoms with van der Waals surface area (Å²) < 4.78 is 0. The summed E-state index contributed by atoms with van der Waals surface area (Å²) in [7, 11) is 0. The van der Waals surface area contributed by atoms with Crippen LogP contribution in [0.3, 0.4) is 0 Å². The molecule has 0 fully saturated rings. The fourth-order valence-corrected chi connectivity index (χ4v) is 4.54. The van der Waals surface area contributed by atoms with Gasteiger partial charge in [0.05, 0.1) is 5.69 Å². The summed E-state index contributed by atoms with van der Waals surface area (Å²) in [6, 6.07) is 18.7. The number of hydrogen-bond acceptors (Lipinski definition) is 3. The van der Waals surface area contributed by atoms with Gasteiger partial charge in [-0.3, -0.25) is 4.79 Å². The van der Waals surface area contributed by atoms with Crippen molar-refractivity contribution in [2.24, 2.45) is 0 Å². The topological polar surface area (TPSA) is 23.6 Å². The van der Waals surface area contributed by atoms with Crippen molar-refractivity contribution in [1.29, 1.82) is 0 Å². The van der Waals surface area contributed by atoms with Gasteiger partial charge in [0.2, 0.25) is 5.91 Å². The highest BCUT2D eigenvalue weighted by Crippen LogP contribution is 2.45. The molecule has 3 rings (SSSR count). The maximum Gasteiger partial charge on any atom is 0.228 e. The average Bonchev–Trinajstić information content (AvgIpc) is 2.80. The minimum Gasteiger partial charge on any atom is -0.310 e. The predicted molar refractivity (Wildman–Crippen MR) is 106 cm³/mol. The molecule has 1 amide bonds. The number of benzene rings is 2. The first-order valence-electron chi connectivity index (χ1n) is 9.06. The van der Waals surface area contributed by atoms with Crippen molar-refractivity contribution in [1.82, 2.24) is 4.90 Å². The number of carbonyl (C=O) groups is 1. The van der Waals surface area contributed by atoms with E-state index < -0.39 is 0 Å². The number of anilines is 1. The van der Waals surface area contributed by atoms with Crippen molar-refractivity contribution in [3.8, 4) is 0 Å². The van der Waals surface area contributed by atoms with Crippen molar-refractivity contribution in [3.63, 3.8) is 0 Å². The van der Waals surface area contributed by atoms with E-state index >= 15 is 0 Å². The molecule has 2 aromatic carbocycles. The van der Waals surface area contributed by atoms with E-state index in [0.717, 1.165) is 31.9 Å². The van der Waals surface area contributed by atoms with Gasteiger partial charge in [0.25, 0.3) is 0 Å². The van der Waals surface area contributed by atoms with Gasteiger partial charge in [-0.25, -0.2) is 0 Å². The second-order valence-electron chi connectivity index (χ2n) is 6.26. The normalized spacial score (nSPS) is 17.5. The summed E-state index contributed by atoms with van der Waals surface area (Å²) in [6.45, 7) is 8.03. The Morgan fingerprint density at radius 2 is 1.72 bits per heavy atom. The molecule has 0 saturated carbocycles. The van der Waals surface area contributed by atoms with Crippen molar-refractivity contribution in [3.05, 3.63) is 60.2 Å². The van der Waals surface area contributed by atoms with Gasteiger partial charge in [0.15, 0.2) is 0 Å². The molecule has 132 valence electrons. The molecule has 1 aliphatic heterocycles. The maximum atomic E-state index is 13.0. The highest BCUT2D eigenvalue weighted by molar-refractivity contribution is 7.99. The van der Waals surface area contributed by atoms with Crippen molar-refractivity contribution in [2.75, 3.05) is 31.1 Å². The molecule has 0 aromatic heterocycles. The molecule has 3 nitrogen and oxygen atoms in total. The summed E-state index contributed by atoms with van der Waals surface area (Å²) in [5.41, 5.74) is 2.28. The summed E-state index contributed by atoms with van der Waals surface area (Å²) in [4.78, 5) is 18.6. The zero-order chi connectivity index (χ0) is 17.6. The van der Waals surface area contributed by atoms with E-state index in [1.165, 1.54) is 10.5 Å². The number of hydrogen-bond donors (Lipinski definition) is 0. The molecule has 1 heterocycles. The first-order valence-corrected chi connectivity index (χ1v) is 9.94. The largest absolute Gasteiger partial charge is 0.310 e. The van der Waals surface area contributed by atoms with Crippen molar-refractivity contribution < 1.29 is 4.79 Å². The van der Waals surface area contributed by atoms with Gasteiger partial charge in [-0.2, -0.15) is 0 Å². The smallest absolute Gasteiger partial charge is 0.228 e. The van der Waals surface area contributed by atoms with Gasteiger partial charge in [-0.15, -0.1) is 11.8 Å². The molecule has 0 N–H and O–H groups in total. The Hall–Kier alpha value is -1.78. The Labute approximate surface area is 155 Å². The number of likely N-dealkylation sites (N-methyl/N-ethyl adjacent to an activating group) is 1. The van der Waals surface area contributed by atoms with Crippen LogP contribution >= 0.6 is 11.8 Å². The minimum atomic E-state index is 0.174. The third-order valence-corrected chi connectivity index (χ3v) is 6.11. The fourth-order valence-electron chi connectivity index (χ4n) is 3.26. The lowest BCUT2D eigenvalue weighted by molar-refractivity contribution is -0.118. The van der Waals surface area contributed by atoms with Crippen LogP contribution in [0.1, 0.15) is 31.1 Å². The molecule has 0 spiro atoms. The Kier molecular flexibility index (Phi) is 6.16. The van der Waals surface area contributed by atoms with Gasteiger partial charge in [0.1, 0.15) is 0 Å². The Bertz CT molecular complexity index is 700. The van der Waals surface area contributed by atoms with Gasteiger partial charge in [0, 0.05) is 29.7 Å². The fraction of sp³-hybridized carbons (Fsp3) is 0.381. The van der Waals surface area contributed by atoms with Crippen molar-refractivity contribution in [2.45, 2.75) is 30.4 Å². The minimum absolute atomic E-state index is 0.174. The van der Waals surface area contributed by atoms with Crippen LogP contribution in [0.15, 0.2) is 59.5 Å². The summed E-state index contributed by atoms with van der Waals surface area (Å²) in [5, 5.41) is 0.174. The monoisotopic (exact) mass is 354 g/mol. The van der Waals surface area contributed by atoms with E-state index in [1.807, 2.05) is 28.8 Å². The zero-order valence-electron chi connectivity index (χ0n) is 15.0. The zero-order valence-corrected chi connectivity index (χ0v) is 15.8. The van der Waals surface area contributed by atoms with Crippen LogP contribution < -0.4 is 4.90 Å². The van der Waals surface area contributed by atoms with Gasteiger partial charge >= 0.3 is 0 Å². The molecular weight excluding hydrogens is 328 g/mol. The van der Waals surface area contributed by atoms with Crippen LogP contribution in [0.25, 0.3) is 0 Å². The van der Waals surface area contributed by atoms with Crippen molar-refractivity contribution >= 4 is 23.4 Å². The van der Waals surface area contributed by atoms with E-state index in [4.69, 9.17) is 0 Å². The molecule has 1 atom stereocenters. The molecule has 2 aromatic rings. The molecule has 0 saturated heterocycles. The standard InChI is InChI=1S/C21H26N2OS/c1-3-22(4-2)14-15-23-18-12-8-9-13-19(18)25-20(16-21(23)24)17-10-6-5-7-11-17/h5-13,20H,3-4,14-16H2,1-2H3. The molecule has 1 unspecified atom stereocenters. The Balaban J connectivity index is 1.87. The van der Waals surface area contributed by atoms with Crippen LogP contribution in [0.2, 0.25) is 0 Å². The molecule has 1 aliphatic rings. The van der Waals surface area contributed by atoms with Crippen LogP contribution in [0, 0.1) is 0 Å². The number of para-hydroxylation sites is 1. The van der Waals surface area contributed by atoms with Crippen LogP contribution in [-0.4, -0.2) is 37.0 Å². The third kappa shape index (κ3) is 4.25. The van der Waals surface area contributed by atoms with E-state index in [0.29, 0.717) is 6.42 Å². The lowest BCUT2D eigenvalue weighted by Crippen LogP contribution is -2.38. The summed E-state index contributed by atoms with van der Waals surface area (Å²) in [6.07, 6.45) is 0.543. The second kappa shape index (κ2) is 8.54. The number of nitrogens with zero attached hydrogens (tertiary/aromatic N) is 2. The summed E-state index contributed by atoms with van der Waals surface area (Å²) >= 11 is 1.81. The van der Waals surface area contributed by atoms with Crippen LogP contribution in [0.4, 0.5) is 5.69 Å². The lowest BCUT2D eigenvalue weighted by Gasteiger charge is -2.26. The molecule has 0 radical (unpaired) electrons. The highest BCUT2D eigenvalue weighted by atomic mass is 32.2. The van der Waals surface area contributed by atoms with Gasteiger partial charge in [-0.05, 0) is 30.8 Å². The highest BCUT2D eigenvalue weighted by Gasteiger charge is 2.29. The average molecular weight is 355 g/mol. The molecule has 25 heavy (non-hydrogen) atoms. The third-order valence-electron chi connectivity index (χ3n) is 4.79. The number of carbonyl (C=O) groups excluding carboxylic acids is 1. The second-order valence-corrected chi connectivity index (χ2v) is 7.51. The first-order chi connectivity index (χ1) is 12.2. The van der Waals surface area contributed by atoms with E-state index in [1.54, 1.807) is 0 Å². The maximum absolute atomic E-state index is 13.0. The SMILES string of the molecule is CCN(CC)CCN1C(=O)CC(c2ccccc2)Sc2ccccc21. The van der Waals surface area contributed by atoms with E-state index in [2.05, 4.69) is 61.2 Å². The molecule has 0 aliphatic carbocycles. The Morgan fingerprint density at radius 3 is 2.44 bits per heavy atom. The lowest BCUT2D eigenvalue weighted by atomic mass is 10.1. The molecule has 0 bridgehead atoms. The van der Waals surface area contributed by atoms with E-state index in [9.17, 15) is 4.79 Å². The predicted octanol–water partition coefficient (Wildman–Crippen LogP) is 4.60. The summed E-state index contributed by atoms with van der Waals surface area (Å²) in [5.74, 6) is 0.221. The quantitative estimate of drug-likeness (QED) is 0.757. The van der Waals surface area contributed by atoms with Gasteiger partial charge in [-0.1, -0.05) is 56.3 Å². The first kappa shape index (κ1) is 18.0. The van der Waals surface area contributed by atoms with Gasteiger partial charge < -0.3 is 9.80 Å². The van der Waals surface area contributed by atoms with E-state index in [-0.39, 0.29) is 11.2 Å². The number of rotatable bonds is 6. The van der Waals surface area contributed by atoms with Crippen LogP contribution in [-0.2, 0) is 4.79 Å². The number of fused-ring (bicyclic) bond motifs is 1. The number of amides is 1. The Morgan fingerprint density at radius 1 is 1.04 bits per heavy atom. The van der Waals surface area contributed by atoms with Crippen LogP contribution in [0.5, 0.6) is 0 Å². The molecular formula is C21H26N2OS. The molecule has 4 heteroatoms. The number of thioether (sulfide) groups is 1.